The van der Waals surface area contributed by atoms with Gasteiger partial charge in [-0.1, -0.05) is 18.6 Å². The largest absolute Gasteiger partial charge is 0.381 e. The molecule has 2 atom stereocenters. The molecule has 21 heavy (non-hydrogen) atoms. The van der Waals surface area contributed by atoms with Crippen LogP contribution in [0.5, 0.6) is 0 Å². The highest BCUT2D eigenvalue weighted by Gasteiger charge is 2.42. The van der Waals surface area contributed by atoms with E-state index < -0.39 is 14.6 Å². The van der Waals surface area contributed by atoms with Crippen LogP contribution in [0.25, 0.3) is 0 Å². The monoisotopic (exact) mass is 315 g/mol. The Hall–Kier alpha value is -0.390. The SMILES string of the molecule is CC1=CCC[C@H](C)[C@@H]1CNCC1(S(C)(=O)=O)CCOCC1. The lowest BCUT2D eigenvalue weighted by Gasteiger charge is -2.37. The maximum atomic E-state index is 12.2. The topological polar surface area (TPSA) is 55.4 Å². The molecule has 0 saturated carbocycles. The minimum absolute atomic E-state index is 0.537. The summed E-state index contributed by atoms with van der Waals surface area (Å²) in [4.78, 5) is 0. The minimum Gasteiger partial charge on any atom is -0.381 e. The molecule has 1 fully saturated rings. The average Bonchev–Trinajstić information content (AvgIpc) is 2.42. The first-order valence-electron chi connectivity index (χ1n) is 8.00. The second-order valence-electron chi connectivity index (χ2n) is 6.81. The Morgan fingerprint density at radius 1 is 1.38 bits per heavy atom. The van der Waals surface area contributed by atoms with Crippen LogP contribution < -0.4 is 5.32 Å². The van der Waals surface area contributed by atoms with E-state index in [9.17, 15) is 8.42 Å². The van der Waals surface area contributed by atoms with Crippen LogP contribution in [0.4, 0.5) is 0 Å². The highest BCUT2D eigenvalue weighted by atomic mass is 32.2. The first kappa shape index (κ1) is 17.0. The summed E-state index contributed by atoms with van der Waals surface area (Å²) in [5, 5.41) is 3.46. The number of rotatable bonds is 5. The van der Waals surface area contributed by atoms with Gasteiger partial charge >= 0.3 is 0 Å². The van der Waals surface area contributed by atoms with Gasteiger partial charge in [-0.2, -0.15) is 0 Å². The zero-order chi connectivity index (χ0) is 15.5. The Morgan fingerprint density at radius 3 is 2.62 bits per heavy atom. The molecule has 0 aromatic heterocycles. The third kappa shape index (κ3) is 3.88. The van der Waals surface area contributed by atoms with Crippen LogP contribution in [0.1, 0.15) is 39.5 Å². The molecule has 2 aliphatic rings. The Bertz CT molecular complexity index is 478. The summed E-state index contributed by atoms with van der Waals surface area (Å²) < 4.78 is 29.1. The van der Waals surface area contributed by atoms with Gasteiger partial charge < -0.3 is 10.1 Å². The highest BCUT2D eigenvalue weighted by molar-refractivity contribution is 7.92. The fraction of sp³-hybridized carbons (Fsp3) is 0.875. The van der Waals surface area contributed by atoms with Crippen LogP contribution in [0.3, 0.4) is 0 Å². The van der Waals surface area contributed by atoms with Crippen molar-refractivity contribution in [2.75, 3.05) is 32.6 Å². The van der Waals surface area contributed by atoms with Crippen molar-refractivity contribution in [2.24, 2.45) is 11.8 Å². The summed E-state index contributed by atoms with van der Waals surface area (Å²) in [5.41, 5.74) is 1.45. The normalized spacial score (nSPS) is 30.0. The zero-order valence-corrected chi connectivity index (χ0v) is 14.3. The first-order valence-corrected chi connectivity index (χ1v) is 9.90. The molecule has 4 nitrogen and oxygen atoms in total. The van der Waals surface area contributed by atoms with Crippen molar-refractivity contribution >= 4 is 9.84 Å². The summed E-state index contributed by atoms with van der Waals surface area (Å²) in [6.45, 7) is 7.01. The minimum atomic E-state index is -3.07. The maximum Gasteiger partial charge on any atom is 0.154 e. The number of nitrogens with one attached hydrogen (secondary N) is 1. The van der Waals surface area contributed by atoms with E-state index in [1.807, 2.05) is 0 Å². The van der Waals surface area contributed by atoms with Crippen LogP contribution in [0, 0.1) is 11.8 Å². The molecule has 2 rings (SSSR count). The summed E-state index contributed by atoms with van der Waals surface area (Å²) in [6, 6.07) is 0. The van der Waals surface area contributed by atoms with E-state index in [1.54, 1.807) is 0 Å². The maximum absolute atomic E-state index is 12.2. The summed E-state index contributed by atoms with van der Waals surface area (Å²) in [7, 11) is -3.07. The third-order valence-electron chi connectivity index (χ3n) is 5.36. The number of allylic oxidation sites excluding steroid dienone is 1. The molecule has 122 valence electrons. The van der Waals surface area contributed by atoms with Gasteiger partial charge in [0, 0.05) is 32.6 Å². The van der Waals surface area contributed by atoms with Crippen molar-refractivity contribution in [3.63, 3.8) is 0 Å². The van der Waals surface area contributed by atoms with E-state index >= 15 is 0 Å². The van der Waals surface area contributed by atoms with E-state index in [4.69, 9.17) is 4.74 Å². The molecule has 0 bridgehead atoms. The lowest BCUT2D eigenvalue weighted by molar-refractivity contribution is 0.0742. The average molecular weight is 315 g/mol. The second-order valence-corrected chi connectivity index (χ2v) is 9.22. The van der Waals surface area contributed by atoms with E-state index in [2.05, 4.69) is 25.2 Å². The Labute approximate surface area is 129 Å². The summed E-state index contributed by atoms with van der Waals surface area (Å²) >= 11 is 0. The van der Waals surface area contributed by atoms with Crippen molar-refractivity contribution in [3.05, 3.63) is 11.6 Å². The Morgan fingerprint density at radius 2 is 2.05 bits per heavy atom. The molecular weight excluding hydrogens is 286 g/mol. The molecule has 1 heterocycles. The molecule has 1 N–H and O–H groups in total. The fourth-order valence-corrected chi connectivity index (χ4v) is 4.89. The lowest BCUT2D eigenvalue weighted by atomic mass is 9.80. The predicted octanol–water partition coefficient (Wildman–Crippen LogP) is 2.16. The van der Waals surface area contributed by atoms with E-state index in [0.29, 0.717) is 44.4 Å². The van der Waals surface area contributed by atoms with Crippen LogP contribution >= 0.6 is 0 Å². The van der Waals surface area contributed by atoms with Gasteiger partial charge in [0.2, 0.25) is 0 Å². The van der Waals surface area contributed by atoms with Gasteiger partial charge in [-0.25, -0.2) is 8.42 Å². The second kappa shape index (κ2) is 6.80. The molecule has 1 aliphatic heterocycles. The molecule has 0 radical (unpaired) electrons. The van der Waals surface area contributed by atoms with Gasteiger partial charge in [0.25, 0.3) is 0 Å². The standard InChI is InChI=1S/C16H29NO3S/c1-13-5-4-6-14(2)15(13)11-17-12-16(21(3,18)19)7-9-20-10-8-16/h5,14-15,17H,4,6-12H2,1-3H3/t14-,15+/m0/s1. The zero-order valence-electron chi connectivity index (χ0n) is 13.5. The van der Waals surface area contributed by atoms with Gasteiger partial charge in [0.1, 0.15) is 0 Å². The van der Waals surface area contributed by atoms with Gasteiger partial charge in [-0.3, -0.25) is 0 Å². The van der Waals surface area contributed by atoms with Crippen molar-refractivity contribution in [3.8, 4) is 0 Å². The third-order valence-corrected chi connectivity index (χ3v) is 7.49. The molecule has 1 saturated heterocycles. The smallest absolute Gasteiger partial charge is 0.154 e. The number of hydrogen-bond acceptors (Lipinski definition) is 4. The molecule has 1 aliphatic carbocycles. The quantitative estimate of drug-likeness (QED) is 0.790. The number of ether oxygens (including phenoxy) is 1. The fourth-order valence-electron chi connectivity index (χ4n) is 3.61. The van der Waals surface area contributed by atoms with Crippen molar-refractivity contribution in [2.45, 2.75) is 44.3 Å². The van der Waals surface area contributed by atoms with Gasteiger partial charge in [0.05, 0.1) is 4.75 Å². The predicted molar refractivity (Wildman–Crippen MR) is 86.1 cm³/mol. The molecule has 0 unspecified atom stereocenters. The van der Waals surface area contributed by atoms with Gasteiger partial charge in [-0.15, -0.1) is 0 Å². The molecule has 0 aromatic rings. The number of sulfone groups is 1. The molecule has 0 aromatic carbocycles. The van der Waals surface area contributed by atoms with Gasteiger partial charge in [0.15, 0.2) is 9.84 Å². The van der Waals surface area contributed by atoms with Crippen molar-refractivity contribution in [1.82, 2.24) is 5.32 Å². The lowest BCUT2D eigenvalue weighted by Crippen LogP contribution is -2.51. The van der Waals surface area contributed by atoms with Crippen molar-refractivity contribution in [1.29, 1.82) is 0 Å². The summed E-state index contributed by atoms with van der Waals surface area (Å²) in [6.07, 6.45) is 7.31. The van der Waals surface area contributed by atoms with Crippen LogP contribution in [0.2, 0.25) is 0 Å². The summed E-state index contributed by atoms with van der Waals surface area (Å²) in [5.74, 6) is 1.21. The van der Waals surface area contributed by atoms with Crippen molar-refractivity contribution < 1.29 is 13.2 Å². The van der Waals surface area contributed by atoms with E-state index in [0.717, 1.165) is 6.54 Å². The van der Waals surface area contributed by atoms with E-state index in [-0.39, 0.29) is 0 Å². The van der Waals surface area contributed by atoms with Crippen LogP contribution in [0.15, 0.2) is 11.6 Å². The molecular formula is C16H29NO3S. The van der Waals surface area contributed by atoms with E-state index in [1.165, 1.54) is 24.7 Å². The highest BCUT2D eigenvalue weighted by Crippen LogP contribution is 2.31. The Kier molecular flexibility index (Phi) is 5.49. The molecule has 5 heteroatoms. The van der Waals surface area contributed by atoms with Gasteiger partial charge in [-0.05, 0) is 44.4 Å². The number of hydrogen-bond donors (Lipinski definition) is 1. The first-order chi connectivity index (χ1) is 9.86. The molecule has 0 spiro atoms. The Balaban J connectivity index is 1.97. The van der Waals surface area contributed by atoms with Crippen LogP contribution in [-0.4, -0.2) is 45.7 Å². The molecule has 0 amide bonds. The van der Waals surface area contributed by atoms with Crippen LogP contribution in [-0.2, 0) is 14.6 Å².